The maximum atomic E-state index is 6.13. The fourth-order valence-corrected chi connectivity index (χ4v) is 3.73. The molecule has 0 aromatic rings. The lowest BCUT2D eigenvalue weighted by molar-refractivity contribution is -0.151. The van der Waals surface area contributed by atoms with Crippen LogP contribution >= 0.6 is 0 Å². The summed E-state index contributed by atoms with van der Waals surface area (Å²) in [6, 6.07) is 1.42. The second-order valence-corrected chi connectivity index (χ2v) is 6.10. The van der Waals surface area contributed by atoms with Crippen molar-refractivity contribution in [3.05, 3.63) is 0 Å². The second-order valence-electron chi connectivity index (χ2n) is 6.10. The first-order valence-electron chi connectivity index (χ1n) is 7.43. The molecular weight excluding hydrogens is 228 g/mol. The molecule has 0 saturated carbocycles. The summed E-state index contributed by atoms with van der Waals surface area (Å²) in [5, 5.41) is 3.47. The molecule has 104 valence electrons. The zero-order valence-corrected chi connectivity index (χ0v) is 11.5. The summed E-state index contributed by atoms with van der Waals surface area (Å²) >= 11 is 0. The molecule has 4 heteroatoms. The van der Waals surface area contributed by atoms with Crippen molar-refractivity contribution in [3.63, 3.8) is 0 Å². The van der Waals surface area contributed by atoms with Crippen LogP contribution in [0.4, 0.5) is 0 Å². The Hall–Kier alpha value is -0.160. The van der Waals surface area contributed by atoms with E-state index in [1.807, 2.05) is 0 Å². The molecule has 4 nitrogen and oxygen atoms in total. The molecule has 3 aliphatic rings. The largest absolute Gasteiger partial charge is 0.381 e. The van der Waals surface area contributed by atoms with E-state index in [1.54, 1.807) is 0 Å². The Morgan fingerprint density at radius 2 is 1.94 bits per heavy atom. The van der Waals surface area contributed by atoms with Gasteiger partial charge in [0.15, 0.2) is 0 Å². The number of rotatable bonds is 2. The third-order valence-electron chi connectivity index (χ3n) is 5.06. The first-order chi connectivity index (χ1) is 8.79. The lowest BCUT2D eigenvalue weighted by Crippen LogP contribution is -2.52. The third kappa shape index (κ3) is 2.57. The van der Waals surface area contributed by atoms with E-state index in [9.17, 15) is 0 Å². The molecule has 1 N–H and O–H groups in total. The number of hydrogen-bond donors (Lipinski definition) is 1. The first-order valence-corrected chi connectivity index (χ1v) is 7.43. The molecule has 3 aliphatic heterocycles. The zero-order chi connectivity index (χ0) is 12.4. The summed E-state index contributed by atoms with van der Waals surface area (Å²) in [5.74, 6) is 0. The number of likely N-dealkylation sites (N-methyl/N-ethyl adjacent to an activating group) is 1. The molecule has 3 rings (SSSR count). The van der Waals surface area contributed by atoms with Crippen LogP contribution in [0.2, 0.25) is 0 Å². The van der Waals surface area contributed by atoms with E-state index in [1.165, 1.54) is 25.8 Å². The van der Waals surface area contributed by atoms with Gasteiger partial charge in [0.25, 0.3) is 0 Å². The summed E-state index contributed by atoms with van der Waals surface area (Å²) < 4.78 is 11.6. The summed E-state index contributed by atoms with van der Waals surface area (Å²) in [5.41, 5.74) is 0.126. The molecule has 0 aromatic heterocycles. The van der Waals surface area contributed by atoms with Gasteiger partial charge in [0.2, 0.25) is 0 Å². The average molecular weight is 254 g/mol. The molecular formula is C14H26N2O2. The van der Waals surface area contributed by atoms with Crippen LogP contribution in [0.1, 0.15) is 32.1 Å². The van der Waals surface area contributed by atoms with E-state index in [2.05, 4.69) is 17.3 Å². The molecule has 3 heterocycles. The summed E-state index contributed by atoms with van der Waals surface area (Å²) in [6.07, 6.45) is 5.85. The predicted octanol–water partition coefficient (Wildman–Crippen LogP) is 1.01. The van der Waals surface area contributed by atoms with Crippen molar-refractivity contribution in [2.45, 2.75) is 49.8 Å². The lowest BCUT2D eigenvalue weighted by Gasteiger charge is -2.46. The van der Waals surface area contributed by atoms with E-state index >= 15 is 0 Å². The predicted molar refractivity (Wildman–Crippen MR) is 70.8 cm³/mol. The number of nitrogens with one attached hydrogen (secondary N) is 1. The molecule has 0 aliphatic carbocycles. The highest BCUT2D eigenvalue weighted by Gasteiger charge is 2.41. The van der Waals surface area contributed by atoms with Crippen LogP contribution in [0.25, 0.3) is 0 Å². The van der Waals surface area contributed by atoms with Crippen molar-refractivity contribution < 1.29 is 9.47 Å². The Morgan fingerprint density at radius 3 is 2.67 bits per heavy atom. The summed E-state index contributed by atoms with van der Waals surface area (Å²) in [7, 11) is 2.31. The molecule has 0 amide bonds. The van der Waals surface area contributed by atoms with E-state index < -0.39 is 0 Å². The average Bonchev–Trinajstić information content (AvgIpc) is 2.93. The maximum absolute atomic E-state index is 6.13. The SMILES string of the molecule is CN(C1CCNC1)C1CCOC2(CCOCC2)C1. The van der Waals surface area contributed by atoms with Gasteiger partial charge in [-0.2, -0.15) is 0 Å². The lowest BCUT2D eigenvalue weighted by atomic mass is 9.83. The van der Waals surface area contributed by atoms with Gasteiger partial charge in [-0.05, 0) is 45.7 Å². The molecule has 2 unspecified atom stereocenters. The third-order valence-corrected chi connectivity index (χ3v) is 5.06. The second kappa shape index (κ2) is 5.45. The molecule has 3 fully saturated rings. The molecule has 0 bridgehead atoms. The van der Waals surface area contributed by atoms with Crippen LogP contribution in [0.3, 0.4) is 0 Å². The van der Waals surface area contributed by atoms with Gasteiger partial charge in [-0.1, -0.05) is 0 Å². The molecule has 0 aromatic carbocycles. The Balaban J connectivity index is 1.62. The highest BCUT2D eigenvalue weighted by Crippen LogP contribution is 2.36. The molecule has 1 spiro atoms. The van der Waals surface area contributed by atoms with Gasteiger partial charge in [0.05, 0.1) is 5.60 Å². The fraction of sp³-hybridized carbons (Fsp3) is 1.00. The standard InChI is InChI=1S/C14H26N2O2/c1-16(13-2-6-15-11-13)12-3-7-18-14(10-12)4-8-17-9-5-14/h12-13,15H,2-11H2,1H3. The Kier molecular flexibility index (Phi) is 3.89. The quantitative estimate of drug-likeness (QED) is 0.797. The summed E-state index contributed by atoms with van der Waals surface area (Å²) in [4.78, 5) is 2.61. The Labute approximate surface area is 110 Å². The maximum Gasteiger partial charge on any atom is 0.0741 e. The number of ether oxygens (including phenoxy) is 2. The van der Waals surface area contributed by atoms with Crippen molar-refractivity contribution in [2.75, 3.05) is 40.0 Å². The van der Waals surface area contributed by atoms with Crippen molar-refractivity contribution in [2.24, 2.45) is 0 Å². The van der Waals surface area contributed by atoms with Gasteiger partial charge in [-0.15, -0.1) is 0 Å². The van der Waals surface area contributed by atoms with Gasteiger partial charge in [-0.25, -0.2) is 0 Å². The van der Waals surface area contributed by atoms with E-state index in [-0.39, 0.29) is 5.60 Å². The molecule has 18 heavy (non-hydrogen) atoms. The van der Waals surface area contributed by atoms with Gasteiger partial charge >= 0.3 is 0 Å². The van der Waals surface area contributed by atoms with Gasteiger partial charge < -0.3 is 14.8 Å². The fourth-order valence-electron chi connectivity index (χ4n) is 3.73. The zero-order valence-electron chi connectivity index (χ0n) is 11.5. The van der Waals surface area contributed by atoms with E-state index in [0.29, 0.717) is 6.04 Å². The summed E-state index contributed by atoms with van der Waals surface area (Å²) in [6.45, 7) is 5.01. The van der Waals surface area contributed by atoms with Crippen LogP contribution in [-0.4, -0.2) is 62.5 Å². The monoisotopic (exact) mass is 254 g/mol. The van der Waals surface area contributed by atoms with Crippen LogP contribution in [0.15, 0.2) is 0 Å². The smallest absolute Gasteiger partial charge is 0.0741 e. The van der Waals surface area contributed by atoms with E-state index in [0.717, 1.165) is 45.2 Å². The minimum absolute atomic E-state index is 0.126. The van der Waals surface area contributed by atoms with Crippen molar-refractivity contribution in [1.82, 2.24) is 10.2 Å². The topological polar surface area (TPSA) is 33.7 Å². The number of hydrogen-bond acceptors (Lipinski definition) is 4. The highest BCUT2D eigenvalue weighted by atomic mass is 16.5. The van der Waals surface area contributed by atoms with Crippen molar-refractivity contribution in [1.29, 1.82) is 0 Å². The van der Waals surface area contributed by atoms with E-state index in [4.69, 9.17) is 9.47 Å². The van der Waals surface area contributed by atoms with Gasteiger partial charge in [0.1, 0.15) is 0 Å². The first kappa shape index (κ1) is 12.9. The van der Waals surface area contributed by atoms with Gasteiger partial charge in [-0.3, -0.25) is 4.90 Å². The molecule has 0 radical (unpaired) electrons. The van der Waals surface area contributed by atoms with Crippen LogP contribution < -0.4 is 5.32 Å². The normalized spacial score (nSPS) is 36.3. The Bertz CT molecular complexity index is 267. The van der Waals surface area contributed by atoms with Crippen LogP contribution in [-0.2, 0) is 9.47 Å². The van der Waals surface area contributed by atoms with Crippen molar-refractivity contribution >= 4 is 0 Å². The van der Waals surface area contributed by atoms with Gasteiger partial charge in [0, 0.05) is 38.4 Å². The highest BCUT2D eigenvalue weighted by molar-refractivity contribution is 4.94. The van der Waals surface area contributed by atoms with Crippen molar-refractivity contribution in [3.8, 4) is 0 Å². The minimum Gasteiger partial charge on any atom is -0.381 e. The molecule has 2 atom stereocenters. The number of nitrogens with zero attached hydrogens (tertiary/aromatic N) is 1. The minimum atomic E-state index is 0.126. The van der Waals surface area contributed by atoms with Crippen LogP contribution in [0.5, 0.6) is 0 Å². The van der Waals surface area contributed by atoms with Crippen LogP contribution in [0, 0.1) is 0 Å². The Morgan fingerprint density at radius 1 is 1.11 bits per heavy atom. The molecule has 3 saturated heterocycles.